The molecule has 0 bridgehead atoms. The number of nitrogens with two attached hydrogens (primary N) is 1. The maximum atomic E-state index is 11.1. The summed E-state index contributed by atoms with van der Waals surface area (Å²) in [7, 11) is 0. The van der Waals surface area contributed by atoms with Gasteiger partial charge in [-0.2, -0.15) is 5.26 Å². The lowest BCUT2D eigenvalue weighted by atomic mass is 10.0. The van der Waals surface area contributed by atoms with Gasteiger partial charge >= 0.3 is 0 Å². The van der Waals surface area contributed by atoms with E-state index in [1.165, 1.54) is 11.8 Å². The molecular weight excluding hydrogens is 398 g/mol. The zero-order chi connectivity index (χ0) is 25.1. The monoisotopic (exact) mass is 441 g/mol. The van der Waals surface area contributed by atoms with E-state index < -0.39 is 5.91 Å². The van der Waals surface area contributed by atoms with Gasteiger partial charge in [-0.05, 0) is 66.8 Å². The first-order valence-electron chi connectivity index (χ1n) is 11.7. The highest BCUT2D eigenvalue weighted by Crippen LogP contribution is 2.24. The quantitative estimate of drug-likeness (QED) is 0.398. The molecule has 2 aromatic carbocycles. The van der Waals surface area contributed by atoms with Crippen LogP contribution in [0.1, 0.15) is 67.4 Å². The van der Waals surface area contributed by atoms with E-state index >= 15 is 0 Å². The van der Waals surface area contributed by atoms with Gasteiger partial charge in [-0.15, -0.1) is 0 Å². The van der Waals surface area contributed by atoms with Gasteiger partial charge in [0.05, 0.1) is 0 Å². The van der Waals surface area contributed by atoms with Gasteiger partial charge in [0.2, 0.25) is 0 Å². The van der Waals surface area contributed by atoms with Crippen molar-refractivity contribution in [1.82, 2.24) is 0 Å². The Balaban J connectivity index is 0. The molecule has 0 aromatic heterocycles. The summed E-state index contributed by atoms with van der Waals surface area (Å²) in [6.45, 7) is 18.7. The molecule has 0 heterocycles. The number of carbonyl (C=O) groups excluding carboxylic acids is 1. The average molecular weight is 442 g/mol. The lowest BCUT2D eigenvalue weighted by Crippen LogP contribution is -2.21. The first kappa shape index (κ1) is 31.3. The predicted octanol–water partition coefficient (Wildman–Crippen LogP) is 6.16. The predicted molar refractivity (Wildman–Crippen MR) is 140 cm³/mol. The van der Waals surface area contributed by atoms with Gasteiger partial charge in [0.15, 0.2) is 0 Å². The average Bonchev–Trinajstić information content (AvgIpc) is 2.81. The van der Waals surface area contributed by atoms with Crippen molar-refractivity contribution in [3.63, 3.8) is 0 Å². The number of benzene rings is 2. The zero-order valence-electron chi connectivity index (χ0n) is 21.3. The van der Waals surface area contributed by atoms with Gasteiger partial charge in [-0.3, -0.25) is 4.79 Å². The molecule has 0 saturated carbocycles. The van der Waals surface area contributed by atoms with Gasteiger partial charge in [0.1, 0.15) is 11.6 Å². The Morgan fingerprint density at radius 3 is 2.00 bits per heavy atom. The fourth-order valence-electron chi connectivity index (χ4n) is 2.71. The van der Waals surface area contributed by atoms with Gasteiger partial charge in [0, 0.05) is 25.4 Å². The number of carbonyl (C=O) groups is 1. The minimum absolute atomic E-state index is 0.0425. The van der Waals surface area contributed by atoms with E-state index in [2.05, 4.69) is 50.8 Å². The second-order valence-electron chi connectivity index (χ2n) is 6.90. The highest BCUT2D eigenvalue weighted by Gasteiger charge is 2.05. The highest BCUT2D eigenvalue weighted by atomic mass is 16.3. The Labute approximate surface area is 195 Å². The second kappa shape index (κ2) is 18.9. The maximum absolute atomic E-state index is 11.1. The molecule has 5 heteroatoms. The molecule has 0 aliphatic carbocycles. The molecule has 1 amide bonds. The molecule has 0 unspecified atom stereocenters. The van der Waals surface area contributed by atoms with E-state index in [1.807, 2.05) is 52.0 Å². The van der Waals surface area contributed by atoms with Crippen LogP contribution in [0.3, 0.4) is 0 Å². The third kappa shape index (κ3) is 11.5. The largest absolute Gasteiger partial charge is 0.396 e. The Kier molecular flexibility index (Phi) is 18.5. The van der Waals surface area contributed by atoms with Crippen molar-refractivity contribution in [2.45, 2.75) is 61.8 Å². The van der Waals surface area contributed by atoms with Crippen LogP contribution in [0.25, 0.3) is 16.8 Å². The number of anilines is 1. The summed E-state index contributed by atoms with van der Waals surface area (Å²) < 4.78 is 0. The summed E-state index contributed by atoms with van der Waals surface area (Å²) in [6, 6.07) is 13.9. The Morgan fingerprint density at radius 2 is 1.59 bits per heavy atom. The van der Waals surface area contributed by atoms with Crippen molar-refractivity contribution in [3.8, 4) is 6.07 Å². The molecule has 2 aromatic rings. The van der Waals surface area contributed by atoms with Crippen LogP contribution in [0.2, 0.25) is 0 Å². The molecule has 2 rings (SSSR count). The minimum Gasteiger partial charge on any atom is -0.396 e. The van der Waals surface area contributed by atoms with Crippen molar-refractivity contribution < 1.29 is 9.90 Å². The number of primary amides is 1. The standard InChI is InChI=1S/C18H19N3O.C5H12O.2C2H6/c1-3-21(4-2)17-8-7-14-9-13(5-6-15(14)11-17)10-16(12-19)18(20)22;1-5(2)3-4-6;2*1-2/h5-11H,3-4H2,1-2H3,(H2,20,22);5-6H,3-4H2,1-2H3;2*1-2H3/b16-10+;;;. The second-order valence-corrected chi connectivity index (χ2v) is 6.90. The summed E-state index contributed by atoms with van der Waals surface area (Å²) >= 11 is 0. The van der Waals surface area contributed by atoms with E-state index in [0.29, 0.717) is 12.5 Å². The van der Waals surface area contributed by atoms with E-state index in [1.54, 1.807) is 0 Å². The normalized spacial score (nSPS) is 9.97. The van der Waals surface area contributed by atoms with Crippen molar-refractivity contribution in [2.24, 2.45) is 11.7 Å². The van der Waals surface area contributed by atoms with Crippen molar-refractivity contribution in [1.29, 1.82) is 5.26 Å². The number of hydrogen-bond acceptors (Lipinski definition) is 4. The fourth-order valence-corrected chi connectivity index (χ4v) is 2.71. The van der Waals surface area contributed by atoms with Crippen LogP contribution in [0, 0.1) is 17.2 Å². The first-order chi connectivity index (χ1) is 15.4. The number of aliphatic hydroxyl groups is 1. The van der Waals surface area contributed by atoms with Crippen LogP contribution in [-0.4, -0.2) is 30.7 Å². The molecule has 0 aliphatic rings. The topological polar surface area (TPSA) is 90.3 Å². The van der Waals surface area contributed by atoms with Crippen molar-refractivity contribution in [2.75, 3.05) is 24.6 Å². The maximum Gasteiger partial charge on any atom is 0.259 e. The van der Waals surface area contributed by atoms with Gasteiger partial charge < -0.3 is 15.7 Å². The van der Waals surface area contributed by atoms with Crippen LogP contribution in [0.15, 0.2) is 42.0 Å². The summed E-state index contributed by atoms with van der Waals surface area (Å²) in [5.41, 5.74) is 7.09. The van der Waals surface area contributed by atoms with Gasteiger partial charge in [0.25, 0.3) is 5.91 Å². The molecule has 32 heavy (non-hydrogen) atoms. The Hall–Kier alpha value is -2.84. The third-order valence-corrected chi connectivity index (χ3v) is 4.38. The van der Waals surface area contributed by atoms with Crippen LogP contribution < -0.4 is 10.6 Å². The lowest BCUT2D eigenvalue weighted by molar-refractivity contribution is -0.114. The van der Waals surface area contributed by atoms with E-state index in [9.17, 15) is 4.79 Å². The highest BCUT2D eigenvalue weighted by molar-refractivity contribution is 6.01. The Bertz CT molecular complexity index is 848. The minimum atomic E-state index is -0.709. The molecule has 0 fully saturated rings. The molecule has 5 nitrogen and oxygen atoms in total. The van der Waals surface area contributed by atoms with E-state index in [4.69, 9.17) is 16.1 Å². The molecule has 0 radical (unpaired) electrons. The summed E-state index contributed by atoms with van der Waals surface area (Å²) in [4.78, 5) is 13.4. The molecule has 0 aliphatic heterocycles. The van der Waals surface area contributed by atoms with Gasteiger partial charge in [-0.25, -0.2) is 0 Å². The number of rotatable bonds is 7. The number of amides is 1. The van der Waals surface area contributed by atoms with Crippen molar-refractivity contribution in [3.05, 3.63) is 47.5 Å². The smallest absolute Gasteiger partial charge is 0.259 e. The molecule has 0 atom stereocenters. The molecule has 0 spiro atoms. The molecular formula is C27H43N3O2. The number of nitrogens with zero attached hydrogens (tertiary/aromatic N) is 2. The van der Waals surface area contributed by atoms with Crippen LogP contribution in [0.4, 0.5) is 5.69 Å². The fraction of sp³-hybridized carbons (Fsp3) is 0.481. The number of fused-ring (bicyclic) bond motifs is 1. The van der Waals surface area contributed by atoms with E-state index in [-0.39, 0.29) is 5.57 Å². The van der Waals surface area contributed by atoms with Crippen LogP contribution in [-0.2, 0) is 4.79 Å². The van der Waals surface area contributed by atoms with E-state index in [0.717, 1.165) is 35.8 Å². The third-order valence-electron chi connectivity index (χ3n) is 4.38. The molecule has 3 N–H and O–H groups in total. The zero-order valence-corrected chi connectivity index (χ0v) is 21.3. The summed E-state index contributed by atoms with van der Waals surface area (Å²) in [5.74, 6) is -0.0607. The van der Waals surface area contributed by atoms with Crippen molar-refractivity contribution >= 4 is 28.4 Å². The van der Waals surface area contributed by atoms with Gasteiger partial charge in [-0.1, -0.05) is 59.7 Å². The lowest BCUT2D eigenvalue weighted by Gasteiger charge is -2.21. The summed E-state index contributed by atoms with van der Waals surface area (Å²) in [5, 5.41) is 19.3. The summed E-state index contributed by atoms with van der Waals surface area (Å²) in [6.07, 6.45) is 2.44. The number of nitriles is 1. The Morgan fingerprint density at radius 1 is 1.06 bits per heavy atom. The SMILES string of the molecule is CC.CC.CC(C)CCO.CCN(CC)c1ccc2cc(/C=C(\C#N)C(N)=O)ccc2c1. The number of hydrogen-bond donors (Lipinski definition) is 2. The number of aliphatic hydroxyl groups excluding tert-OH is 1. The molecule has 0 saturated heterocycles. The van der Waals surface area contributed by atoms with Crippen LogP contribution in [0.5, 0.6) is 0 Å². The van der Waals surface area contributed by atoms with Crippen LogP contribution >= 0.6 is 0 Å². The molecule has 178 valence electrons. The first-order valence-corrected chi connectivity index (χ1v) is 11.7.